The highest BCUT2D eigenvalue weighted by Crippen LogP contribution is 1.96. The zero-order valence-corrected chi connectivity index (χ0v) is 6.99. The summed E-state index contributed by atoms with van der Waals surface area (Å²) in [6.07, 6.45) is 2.45. The summed E-state index contributed by atoms with van der Waals surface area (Å²) >= 11 is 0. The largest absolute Gasteiger partial charge is 0.381 e. The Kier molecular flexibility index (Phi) is 4.45. The highest BCUT2D eigenvalue weighted by Gasteiger charge is 2.07. The van der Waals surface area contributed by atoms with E-state index in [0.717, 1.165) is 6.08 Å². The van der Waals surface area contributed by atoms with Crippen LogP contribution in [-0.2, 0) is 19.4 Å². The molecule has 0 atom stereocenters. The van der Waals surface area contributed by atoms with Crippen molar-refractivity contribution in [2.75, 3.05) is 0 Å². The molecular formula is C8H10O4. The molecule has 12 heavy (non-hydrogen) atoms. The molecule has 0 amide bonds. The fraction of sp³-hybridized carbons (Fsp3) is 0.250. The molecule has 0 radical (unpaired) electrons. The van der Waals surface area contributed by atoms with Gasteiger partial charge in [-0.05, 0) is 13.8 Å². The van der Waals surface area contributed by atoms with E-state index in [-0.39, 0.29) is 0 Å². The second kappa shape index (κ2) is 5.12. The van der Waals surface area contributed by atoms with Crippen LogP contribution in [0.5, 0.6) is 0 Å². The minimum Gasteiger partial charge on any atom is -0.242 e. The minimum atomic E-state index is -0.799. The molecule has 66 valence electrons. The van der Waals surface area contributed by atoms with Crippen molar-refractivity contribution < 1.29 is 19.4 Å². The number of carbonyl (C=O) groups is 2. The predicted octanol–water partition coefficient (Wildman–Crippen LogP) is 1.14. The van der Waals surface area contributed by atoms with Crippen LogP contribution in [0.25, 0.3) is 0 Å². The van der Waals surface area contributed by atoms with Crippen molar-refractivity contribution in [2.45, 2.75) is 13.8 Å². The molecule has 0 aromatic carbocycles. The Morgan fingerprint density at radius 2 is 1.92 bits per heavy atom. The smallest absolute Gasteiger partial charge is 0.242 e. The maximum absolute atomic E-state index is 10.8. The molecule has 0 saturated heterocycles. The second-order valence-electron chi connectivity index (χ2n) is 1.95. The minimum absolute atomic E-state index is 0.367. The van der Waals surface area contributed by atoms with Crippen LogP contribution in [0.15, 0.2) is 24.3 Å². The van der Waals surface area contributed by atoms with Gasteiger partial charge in [-0.2, -0.15) is 0 Å². The predicted molar refractivity (Wildman–Crippen MR) is 41.8 cm³/mol. The molecule has 0 aliphatic rings. The normalized spacial score (nSPS) is 10.3. The van der Waals surface area contributed by atoms with Crippen molar-refractivity contribution in [3.05, 3.63) is 24.3 Å². The van der Waals surface area contributed by atoms with Crippen LogP contribution < -0.4 is 0 Å². The first-order valence-corrected chi connectivity index (χ1v) is 3.30. The lowest BCUT2D eigenvalue weighted by molar-refractivity contribution is -0.251. The van der Waals surface area contributed by atoms with Crippen LogP contribution in [0.2, 0.25) is 0 Å². The Bertz CT molecular complexity index is 227. The summed E-state index contributed by atoms with van der Waals surface area (Å²) < 4.78 is 0. The van der Waals surface area contributed by atoms with E-state index in [1.54, 1.807) is 19.9 Å². The van der Waals surface area contributed by atoms with E-state index >= 15 is 0 Å². The molecule has 0 spiro atoms. The molecule has 0 aromatic heterocycles. The maximum atomic E-state index is 10.8. The van der Waals surface area contributed by atoms with Crippen molar-refractivity contribution >= 4 is 11.9 Å². The van der Waals surface area contributed by atoms with Crippen LogP contribution in [0.1, 0.15) is 13.8 Å². The lowest BCUT2D eigenvalue weighted by Crippen LogP contribution is -2.09. The van der Waals surface area contributed by atoms with Gasteiger partial charge in [-0.1, -0.05) is 12.7 Å². The third-order valence-corrected chi connectivity index (χ3v) is 1.12. The number of allylic oxidation sites excluding steroid dienone is 1. The van der Waals surface area contributed by atoms with Gasteiger partial charge in [-0.25, -0.2) is 19.4 Å². The van der Waals surface area contributed by atoms with Gasteiger partial charge in [0.25, 0.3) is 0 Å². The van der Waals surface area contributed by atoms with E-state index < -0.39 is 11.9 Å². The molecular weight excluding hydrogens is 160 g/mol. The van der Waals surface area contributed by atoms with Crippen molar-refractivity contribution in [1.82, 2.24) is 0 Å². The third-order valence-electron chi connectivity index (χ3n) is 1.12. The average Bonchev–Trinajstić information content (AvgIpc) is 2.11. The molecule has 0 bridgehead atoms. The first-order valence-electron chi connectivity index (χ1n) is 3.30. The molecule has 0 unspecified atom stereocenters. The molecule has 0 aliphatic heterocycles. The molecule has 0 rings (SSSR count). The monoisotopic (exact) mass is 170 g/mol. The first kappa shape index (κ1) is 10.4. The number of carbonyl (C=O) groups excluding carboxylic acids is 2. The van der Waals surface area contributed by atoms with Gasteiger partial charge in [0.15, 0.2) is 0 Å². The third kappa shape index (κ3) is 3.55. The van der Waals surface area contributed by atoms with Gasteiger partial charge < -0.3 is 0 Å². The van der Waals surface area contributed by atoms with Crippen LogP contribution in [0, 0.1) is 0 Å². The lowest BCUT2D eigenvalue weighted by Gasteiger charge is -1.99. The van der Waals surface area contributed by atoms with Crippen LogP contribution in [0.4, 0.5) is 0 Å². The van der Waals surface area contributed by atoms with Crippen molar-refractivity contribution in [3.63, 3.8) is 0 Å². The molecule has 0 aliphatic carbocycles. The Balaban J connectivity index is 3.87. The molecule has 4 nitrogen and oxygen atoms in total. The van der Waals surface area contributed by atoms with E-state index in [4.69, 9.17) is 0 Å². The zero-order valence-electron chi connectivity index (χ0n) is 6.99. The number of rotatable bonds is 2. The topological polar surface area (TPSA) is 52.6 Å². The lowest BCUT2D eigenvalue weighted by atomic mass is 10.3. The van der Waals surface area contributed by atoms with Gasteiger partial charge in [0.05, 0.1) is 0 Å². The number of hydrogen-bond acceptors (Lipinski definition) is 4. The Hall–Kier alpha value is -1.58. The molecule has 0 saturated carbocycles. The highest BCUT2D eigenvalue weighted by molar-refractivity contribution is 5.88. The van der Waals surface area contributed by atoms with Gasteiger partial charge in [0.1, 0.15) is 0 Å². The summed E-state index contributed by atoms with van der Waals surface area (Å²) in [5.41, 5.74) is 0.367. The molecule has 0 fully saturated rings. The van der Waals surface area contributed by atoms with E-state index in [0.29, 0.717) is 5.57 Å². The Morgan fingerprint density at radius 1 is 1.33 bits per heavy atom. The fourth-order valence-corrected chi connectivity index (χ4v) is 0.297. The summed E-state index contributed by atoms with van der Waals surface area (Å²) in [5.74, 6) is -1.49. The summed E-state index contributed by atoms with van der Waals surface area (Å²) in [6, 6.07) is 0. The van der Waals surface area contributed by atoms with Crippen LogP contribution >= 0.6 is 0 Å². The van der Waals surface area contributed by atoms with Crippen molar-refractivity contribution in [2.24, 2.45) is 0 Å². The van der Waals surface area contributed by atoms with Gasteiger partial charge in [-0.3, -0.25) is 0 Å². The first-order chi connectivity index (χ1) is 5.61. The van der Waals surface area contributed by atoms with Crippen LogP contribution in [-0.4, -0.2) is 11.9 Å². The van der Waals surface area contributed by atoms with Crippen molar-refractivity contribution in [3.8, 4) is 0 Å². The molecule has 0 heterocycles. The molecule has 4 heteroatoms. The van der Waals surface area contributed by atoms with E-state index in [1.165, 1.54) is 0 Å². The summed E-state index contributed by atoms with van der Waals surface area (Å²) in [6.45, 7) is 6.34. The van der Waals surface area contributed by atoms with E-state index in [1.807, 2.05) is 0 Å². The Morgan fingerprint density at radius 3 is 2.33 bits per heavy atom. The average molecular weight is 170 g/mol. The van der Waals surface area contributed by atoms with Gasteiger partial charge in [0, 0.05) is 11.6 Å². The van der Waals surface area contributed by atoms with E-state index in [2.05, 4.69) is 16.4 Å². The standard InChI is InChI=1S/C8H10O4/c1-4-6(3)8(10)12-11-7(9)5-2/h4-5H,2H2,1,3H3. The van der Waals surface area contributed by atoms with Crippen molar-refractivity contribution in [1.29, 1.82) is 0 Å². The molecule has 0 N–H and O–H groups in total. The SMILES string of the molecule is C=CC(=O)OOC(=O)C(C)=CC. The van der Waals surface area contributed by atoms with Gasteiger partial charge in [-0.15, -0.1) is 0 Å². The summed E-state index contributed by atoms with van der Waals surface area (Å²) in [4.78, 5) is 29.3. The number of hydrogen-bond donors (Lipinski definition) is 0. The second-order valence-corrected chi connectivity index (χ2v) is 1.95. The van der Waals surface area contributed by atoms with Gasteiger partial charge in [0.2, 0.25) is 0 Å². The Labute approximate surface area is 70.4 Å². The van der Waals surface area contributed by atoms with E-state index in [9.17, 15) is 9.59 Å². The van der Waals surface area contributed by atoms with Crippen LogP contribution in [0.3, 0.4) is 0 Å². The zero-order chi connectivity index (χ0) is 9.56. The van der Waals surface area contributed by atoms with Gasteiger partial charge >= 0.3 is 11.9 Å². The fourth-order valence-electron chi connectivity index (χ4n) is 0.297. The quantitative estimate of drug-likeness (QED) is 0.354. The summed E-state index contributed by atoms with van der Waals surface area (Å²) in [7, 11) is 0. The highest BCUT2D eigenvalue weighted by atomic mass is 17.2. The molecule has 0 aromatic rings. The maximum Gasteiger partial charge on any atom is 0.381 e. The summed E-state index contributed by atoms with van der Waals surface area (Å²) in [5, 5.41) is 0.